The van der Waals surface area contributed by atoms with Crippen LogP contribution in [0.5, 0.6) is 0 Å². The Morgan fingerprint density at radius 2 is 2.08 bits per heavy atom. The zero-order valence-electron chi connectivity index (χ0n) is 7.00. The molecule has 0 spiro atoms. The first-order valence-corrected chi connectivity index (χ1v) is 4.58. The van der Waals surface area contributed by atoms with Crippen molar-refractivity contribution in [3.05, 3.63) is 34.3 Å². The topological polar surface area (TPSA) is 17.3 Å². The fourth-order valence-corrected chi connectivity index (χ4v) is 1.87. The molecule has 12 heavy (non-hydrogen) atoms. The molecule has 2 nitrogen and oxygen atoms in total. The van der Waals surface area contributed by atoms with Crippen molar-refractivity contribution < 1.29 is 0 Å². The van der Waals surface area contributed by atoms with Crippen LogP contribution in [-0.4, -0.2) is 9.38 Å². The van der Waals surface area contributed by atoms with E-state index in [4.69, 9.17) is 0 Å². The molecule has 0 aliphatic heterocycles. The standard InChI is InChI=1S/C9H9BrN2/c1-6-3-4-8-5-11-9(10)12(8)7(6)2/h3-5H,1-2H3. The highest BCUT2D eigenvalue weighted by Crippen LogP contribution is 2.17. The van der Waals surface area contributed by atoms with Crippen molar-refractivity contribution in [3.8, 4) is 0 Å². The number of halogens is 1. The first kappa shape index (κ1) is 7.80. The molecule has 2 rings (SSSR count). The van der Waals surface area contributed by atoms with Gasteiger partial charge in [-0.25, -0.2) is 4.98 Å². The van der Waals surface area contributed by atoms with E-state index in [1.807, 2.05) is 6.20 Å². The summed E-state index contributed by atoms with van der Waals surface area (Å²) in [6.45, 7) is 4.19. The average molecular weight is 225 g/mol. The van der Waals surface area contributed by atoms with Gasteiger partial charge < -0.3 is 0 Å². The Hall–Kier alpha value is -0.830. The van der Waals surface area contributed by atoms with Crippen LogP contribution in [0.1, 0.15) is 11.3 Å². The van der Waals surface area contributed by atoms with Crippen molar-refractivity contribution in [3.63, 3.8) is 0 Å². The first-order chi connectivity index (χ1) is 5.70. The second kappa shape index (κ2) is 2.59. The lowest BCUT2D eigenvalue weighted by atomic mass is 10.2. The largest absolute Gasteiger partial charge is 0.291 e. The second-order valence-corrected chi connectivity index (χ2v) is 3.60. The number of fused-ring (bicyclic) bond motifs is 1. The fraction of sp³-hybridized carbons (Fsp3) is 0.222. The quantitative estimate of drug-likeness (QED) is 0.673. The summed E-state index contributed by atoms with van der Waals surface area (Å²) >= 11 is 3.40. The van der Waals surface area contributed by atoms with Crippen LogP contribution in [0.25, 0.3) is 5.52 Å². The first-order valence-electron chi connectivity index (χ1n) is 3.79. The third-order valence-corrected chi connectivity index (χ3v) is 2.72. The minimum absolute atomic E-state index is 0.874. The maximum atomic E-state index is 4.18. The Morgan fingerprint density at radius 1 is 1.33 bits per heavy atom. The summed E-state index contributed by atoms with van der Waals surface area (Å²) in [5.41, 5.74) is 3.64. The van der Waals surface area contributed by atoms with E-state index in [1.54, 1.807) is 0 Å². The lowest BCUT2D eigenvalue weighted by molar-refractivity contribution is 1.01. The minimum atomic E-state index is 0.874. The van der Waals surface area contributed by atoms with Gasteiger partial charge in [-0.05, 0) is 41.4 Å². The molecule has 2 aromatic rings. The summed E-state index contributed by atoms with van der Waals surface area (Å²) in [5.74, 6) is 0. The number of imidazole rings is 1. The number of nitrogens with zero attached hydrogens (tertiary/aromatic N) is 2. The van der Waals surface area contributed by atoms with E-state index in [-0.39, 0.29) is 0 Å². The normalized spacial score (nSPS) is 10.9. The Morgan fingerprint density at radius 3 is 2.83 bits per heavy atom. The van der Waals surface area contributed by atoms with Crippen molar-refractivity contribution in [1.82, 2.24) is 9.38 Å². The Labute approximate surface area is 79.4 Å². The summed E-state index contributed by atoms with van der Waals surface area (Å²) in [6, 6.07) is 4.18. The number of hydrogen-bond acceptors (Lipinski definition) is 1. The zero-order chi connectivity index (χ0) is 8.72. The van der Waals surface area contributed by atoms with Gasteiger partial charge in [0.25, 0.3) is 0 Å². The van der Waals surface area contributed by atoms with Crippen LogP contribution in [0.2, 0.25) is 0 Å². The van der Waals surface area contributed by atoms with Gasteiger partial charge in [0.05, 0.1) is 11.7 Å². The lowest BCUT2D eigenvalue weighted by Crippen LogP contribution is -1.93. The predicted molar refractivity (Wildman–Crippen MR) is 52.4 cm³/mol. The number of rotatable bonds is 0. The van der Waals surface area contributed by atoms with Gasteiger partial charge in [0.1, 0.15) is 0 Å². The van der Waals surface area contributed by atoms with E-state index in [0.717, 1.165) is 10.3 Å². The monoisotopic (exact) mass is 224 g/mol. The highest BCUT2D eigenvalue weighted by atomic mass is 79.9. The Bertz CT molecular complexity index is 431. The van der Waals surface area contributed by atoms with Gasteiger partial charge in [0.15, 0.2) is 4.73 Å². The molecule has 0 amide bonds. The van der Waals surface area contributed by atoms with Crippen LogP contribution in [-0.2, 0) is 0 Å². The molecule has 0 atom stereocenters. The summed E-state index contributed by atoms with van der Waals surface area (Å²) in [7, 11) is 0. The Balaban J connectivity index is 2.96. The van der Waals surface area contributed by atoms with Gasteiger partial charge in [-0.3, -0.25) is 4.40 Å². The third-order valence-electron chi connectivity index (χ3n) is 2.16. The van der Waals surface area contributed by atoms with E-state index < -0.39 is 0 Å². The molecule has 0 fully saturated rings. The molecule has 0 aromatic carbocycles. The summed E-state index contributed by atoms with van der Waals surface area (Å²) < 4.78 is 2.97. The van der Waals surface area contributed by atoms with Crippen LogP contribution in [0, 0.1) is 13.8 Å². The van der Waals surface area contributed by atoms with Crippen LogP contribution < -0.4 is 0 Å². The van der Waals surface area contributed by atoms with E-state index in [0.29, 0.717) is 0 Å². The lowest BCUT2D eigenvalue weighted by Gasteiger charge is -2.03. The van der Waals surface area contributed by atoms with Crippen LogP contribution in [0.15, 0.2) is 23.1 Å². The Kier molecular flexibility index (Phi) is 1.68. The average Bonchev–Trinajstić information content (AvgIpc) is 2.41. The van der Waals surface area contributed by atoms with Gasteiger partial charge in [0.2, 0.25) is 0 Å². The molecule has 62 valence electrons. The molecule has 0 radical (unpaired) electrons. The summed E-state index contributed by atoms with van der Waals surface area (Å²) in [6.07, 6.45) is 1.86. The SMILES string of the molecule is Cc1ccc2cnc(Br)n2c1C. The molecule has 0 aliphatic carbocycles. The van der Waals surface area contributed by atoms with E-state index in [9.17, 15) is 0 Å². The van der Waals surface area contributed by atoms with Crippen molar-refractivity contribution in [2.75, 3.05) is 0 Å². The molecule has 0 unspecified atom stereocenters. The summed E-state index contributed by atoms with van der Waals surface area (Å²) in [5, 5.41) is 0. The van der Waals surface area contributed by atoms with Gasteiger partial charge in [0, 0.05) is 5.69 Å². The van der Waals surface area contributed by atoms with Crippen molar-refractivity contribution in [2.45, 2.75) is 13.8 Å². The molecule has 3 heteroatoms. The molecule has 0 saturated carbocycles. The van der Waals surface area contributed by atoms with E-state index >= 15 is 0 Å². The number of aromatic nitrogens is 2. The maximum Gasteiger partial charge on any atom is 0.181 e. The molecule has 2 aromatic heterocycles. The molecular formula is C9H9BrN2. The highest BCUT2D eigenvalue weighted by molar-refractivity contribution is 9.10. The molecule has 2 heterocycles. The van der Waals surface area contributed by atoms with E-state index in [1.165, 1.54) is 11.3 Å². The van der Waals surface area contributed by atoms with Crippen molar-refractivity contribution in [2.24, 2.45) is 0 Å². The number of aryl methyl sites for hydroxylation is 2. The van der Waals surface area contributed by atoms with Gasteiger partial charge in [-0.2, -0.15) is 0 Å². The molecular weight excluding hydrogens is 216 g/mol. The van der Waals surface area contributed by atoms with Crippen molar-refractivity contribution in [1.29, 1.82) is 0 Å². The third kappa shape index (κ3) is 0.966. The van der Waals surface area contributed by atoms with Gasteiger partial charge >= 0.3 is 0 Å². The highest BCUT2D eigenvalue weighted by Gasteiger charge is 2.03. The molecule has 0 saturated heterocycles. The number of hydrogen-bond donors (Lipinski definition) is 0. The maximum absolute atomic E-state index is 4.18. The zero-order valence-corrected chi connectivity index (χ0v) is 8.59. The van der Waals surface area contributed by atoms with E-state index in [2.05, 4.69) is 51.3 Å². The van der Waals surface area contributed by atoms with Crippen LogP contribution in [0.3, 0.4) is 0 Å². The number of pyridine rings is 1. The minimum Gasteiger partial charge on any atom is -0.291 e. The van der Waals surface area contributed by atoms with Gasteiger partial charge in [-0.15, -0.1) is 0 Å². The predicted octanol–water partition coefficient (Wildman–Crippen LogP) is 2.71. The fourth-order valence-electron chi connectivity index (χ4n) is 1.30. The van der Waals surface area contributed by atoms with Crippen LogP contribution in [0.4, 0.5) is 0 Å². The van der Waals surface area contributed by atoms with Crippen molar-refractivity contribution >= 4 is 21.4 Å². The second-order valence-electron chi connectivity index (χ2n) is 2.89. The van der Waals surface area contributed by atoms with Crippen LogP contribution >= 0.6 is 15.9 Å². The molecule has 0 N–H and O–H groups in total. The molecule has 0 aliphatic rings. The molecule has 0 bridgehead atoms. The smallest absolute Gasteiger partial charge is 0.181 e. The van der Waals surface area contributed by atoms with Gasteiger partial charge in [-0.1, -0.05) is 6.07 Å². The summed E-state index contributed by atoms with van der Waals surface area (Å²) in [4.78, 5) is 4.18.